The van der Waals surface area contributed by atoms with E-state index < -0.39 is 11.7 Å². The SMILES string of the molecule is Nc1ccnc(C(=O)N2CCc3c(cccc3C(=O)c3ccc(C(F)(F)F)cc3)C2)c1. The highest BCUT2D eigenvalue weighted by atomic mass is 19.4. The van der Waals surface area contributed by atoms with Gasteiger partial charge in [0.1, 0.15) is 5.69 Å². The highest BCUT2D eigenvalue weighted by Crippen LogP contribution is 2.30. The molecule has 0 atom stereocenters. The Balaban J connectivity index is 1.58. The molecule has 0 unspecified atom stereocenters. The Labute approximate surface area is 176 Å². The summed E-state index contributed by atoms with van der Waals surface area (Å²) in [4.78, 5) is 31.4. The summed E-state index contributed by atoms with van der Waals surface area (Å²) in [6.45, 7) is 0.693. The molecule has 1 aliphatic heterocycles. The smallest absolute Gasteiger partial charge is 0.399 e. The molecule has 0 saturated carbocycles. The third kappa shape index (κ3) is 4.14. The van der Waals surface area contributed by atoms with Crippen LogP contribution < -0.4 is 5.73 Å². The number of hydrogen-bond donors (Lipinski definition) is 1. The monoisotopic (exact) mass is 425 g/mol. The maximum atomic E-state index is 13.0. The molecule has 2 heterocycles. The van der Waals surface area contributed by atoms with Gasteiger partial charge in [-0.3, -0.25) is 14.6 Å². The predicted molar refractivity (Wildman–Crippen MR) is 108 cm³/mol. The van der Waals surface area contributed by atoms with Crippen LogP contribution in [0.4, 0.5) is 18.9 Å². The van der Waals surface area contributed by atoms with Gasteiger partial charge in [-0.05, 0) is 41.8 Å². The molecule has 0 spiro atoms. The first-order chi connectivity index (χ1) is 14.7. The van der Waals surface area contributed by atoms with Crippen molar-refractivity contribution in [3.8, 4) is 0 Å². The van der Waals surface area contributed by atoms with Crippen molar-refractivity contribution < 1.29 is 22.8 Å². The van der Waals surface area contributed by atoms with E-state index in [9.17, 15) is 22.8 Å². The van der Waals surface area contributed by atoms with E-state index in [0.717, 1.165) is 23.3 Å². The molecule has 158 valence electrons. The molecule has 0 radical (unpaired) electrons. The van der Waals surface area contributed by atoms with Crippen LogP contribution in [0.1, 0.15) is 43.1 Å². The molecule has 3 aromatic rings. The van der Waals surface area contributed by atoms with Gasteiger partial charge < -0.3 is 10.6 Å². The number of amides is 1. The summed E-state index contributed by atoms with van der Waals surface area (Å²) < 4.78 is 38.4. The number of halogens is 3. The molecule has 4 rings (SSSR count). The molecule has 1 aliphatic rings. The van der Waals surface area contributed by atoms with Crippen molar-refractivity contribution in [3.63, 3.8) is 0 Å². The number of carbonyl (C=O) groups excluding carboxylic acids is 2. The Kier molecular flexibility index (Phi) is 5.22. The number of rotatable bonds is 3. The lowest BCUT2D eigenvalue weighted by Gasteiger charge is -2.30. The lowest BCUT2D eigenvalue weighted by molar-refractivity contribution is -0.137. The molecule has 0 saturated heterocycles. The molecule has 0 aliphatic carbocycles. The standard InChI is InChI=1S/C23H18F3N3O2/c24-23(25,26)16-6-4-14(5-7-16)21(30)19-3-1-2-15-13-29(11-9-18(15)19)22(31)20-12-17(27)8-10-28-20/h1-8,10,12H,9,11,13H2,(H2,27,28). The minimum absolute atomic E-state index is 0.184. The average Bonchev–Trinajstić information content (AvgIpc) is 2.77. The zero-order chi connectivity index (χ0) is 22.2. The highest BCUT2D eigenvalue weighted by molar-refractivity contribution is 6.10. The van der Waals surface area contributed by atoms with Crippen LogP contribution in [0.3, 0.4) is 0 Å². The van der Waals surface area contributed by atoms with E-state index >= 15 is 0 Å². The molecule has 5 nitrogen and oxygen atoms in total. The van der Waals surface area contributed by atoms with Crippen LogP contribution >= 0.6 is 0 Å². The molecule has 0 fully saturated rings. The largest absolute Gasteiger partial charge is 0.416 e. The van der Waals surface area contributed by atoms with Gasteiger partial charge in [-0.15, -0.1) is 0 Å². The number of nitrogens with two attached hydrogens (primary N) is 1. The second kappa shape index (κ2) is 7.86. The summed E-state index contributed by atoms with van der Waals surface area (Å²) >= 11 is 0. The van der Waals surface area contributed by atoms with E-state index in [1.165, 1.54) is 24.4 Å². The van der Waals surface area contributed by atoms with E-state index in [1.54, 1.807) is 23.1 Å². The number of hydrogen-bond acceptors (Lipinski definition) is 4. The van der Waals surface area contributed by atoms with Gasteiger partial charge in [0.2, 0.25) is 0 Å². The van der Waals surface area contributed by atoms with Gasteiger partial charge in [-0.25, -0.2) is 0 Å². The quantitative estimate of drug-likeness (QED) is 0.641. The van der Waals surface area contributed by atoms with Crippen molar-refractivity contribution >= 4 is 17.4 Å². The second-order valence-corrected chi connectivity index (χ2v) is 7.30. The van der Waals surface area contributed by atoms with Gasteiger partial charge in [0, 0.05) is 36.1 Å². The number of nitrogens with zero attached hydrogens (tertiary/aromatic N) is 2. The van der Waals surface area contributed by atoms with Gasteiger partial charge >= 0.3 is 6.18 Å². The van der Waals surface area contributed by atoms with Crippen molar-refractivity contribution in [2.45, 2.75) is 19.1 Å². The van der Waals surface area contributed by atoms with Crippen LogP contribution in [0.25, 0.3) is 0 Å². The summed E-state index contributed by atoms with van der Waals surface area (Å²) in [6, 6.07) is 12.5. The Morgan fingerprint density at radius 3 is 2.45 bits per heavy atom. The third-order valence-electron chi connectivity index (χ3n) is 5.28. The van der Waals surface area contributed by atoms with Crippen LogP contribution in [-0.4, -0.2) is 28.1 Å². The van der Waals surface area contributed by atoms with Crippen molar-refractivity contribution in [2.24, 2.45) is 0 Å². The molecular weight excluding hydrogens is 407 g/mol. The number of anilines is 1. The number of benzene rings is 2. The molecule has 1 aromatic heterocycles. The fourth-order valence-electron chi connectivity index (χ4n) is 3.69. The molecule has 31 heavy (non-hydrogen) atoms. The lowest BCUT2D eigenvalue weighted by Crippen LogP contribution is -2.37. The van der Waals surface area contributed by atoms with Crippen molar-refractivity contribution in [1.29, 1.82) is 0 Å². The van der Waals surface area contributed by atoms with Crippen molar-refractivity contribution in [3.05, 3.63) is 94.3 Å². The average molecular weight is 425 g/mol. The summed E-state index contributed by atoms with van der Waals surface area (Å²) in [5, 5.41) is 0. The fourth-order valence-corrected chi connectivity index (χ4v) is 3.69. The Hall–Kier alpha value is -3.68. The molecule has 2 aromatic carbocycles. The molecule has 1 amide bonds. The van der Waals surface area contributed by atoms with Gasteiger partial charge in [-0.1, -0.05) is 30.3 Å². The first-order valence-electron chi connectivity index (χ1n) is 9.57. The fraction of sp³-hybridized carbons (Fsp3) is 0.174. The number of alkyl halides is 3. The van der Waals surface area contributed by atoms with E-state index in [4.69, 9.17) is 5.73 Å². The minimum Gasteiger partial charge on any atom is -0.399 e. The highest BCUT2D eigenvalue weighted by Gasteiger charge is 2.31. The van der Waals surface area contributed by atoms with E-state index in [1.807, 2.05) is 6.07 Å². The summed E-state index contributed by atoms with van der Waals surface area (Å²) in [6.07, 6.45) is -2.53. The first-order valence-corrected chi connectivity index (χ1v) is 9.57. The normalized spacial score (nSPS) is 13.6. The molecule has 8 heteroatoms. The number of carbonyl (C=O) groups is 2. The van der Waals surface area contributed by atoms with Gasteiger partial charge in [0.25, 0.3) is 5.91 Å². The van der Waals surface area contributed by atoms with Crippen LogP contribution in [-0.2, 0) is 19.1 Å². The number of fused-ring (bicyclic) bond motifs is 1. The van der Waals surface area contributed by atoms with E-state index in [-0.39, 0.29) is 22.9 Å². The van der Waals surface area contributed by atoms with Gasteiger partial charge in [0.05, 0.1) is 5.56 Å². The Bertz CT molecular complexity index is 1160. The van der Waals surface area contributed by atoms with E-state index in [0.29, 0.717) is 30.8 Å². The van der Waals surface area contributed by atoms with Crippen molar-refractivity contribution in [1.82, 2.24) is 9.88 Å². The summed E-state index contributed by atoms with van der Waals surface area (Å²) in [5.41, 5.74) is 7.87. The van der Waals surface area contributed by atoms with Gasteiger partial charge in [-0.2, -0.15) is 13.2 Å². The number of pyridine rings is 1. The molecular formula is C23H18F3N3O2. The maximum absolute atomic E-state index is 13.0. The Morgan fingerprint density at radius 1 is 1.03 bits per heavy atom. The summed E-state index contributed by atoms with van der Waals surface area (Å²) in [7, 11) is 0. The number of nitrogen functional groups attached to an aromatic ring is 1. The summed E-state index contributed by atoms with van der Waals surface area (Å²) in [5.74, 6) is -0.597. The predicted octanol–water partition coefficient (Wildman–Crippen LogP) is 4.11. The number of aromatic nitrogens is 1. The lowest BCUT2D eigenvalue weighted by atomic mass is 9.90. The number of ketones is 1. The van der Waals surface area contributed by atoms with Gasteiger partial charge in [0.15, 0.2) is 5.78 Å². The first kappa shape index (κ1) is 20.6. The van der Waals surface area contributed by atoms with Crippen LogP contribution in [0.15, 0.2) is 60.8 Å². The second-order valence-electron chi connectivity index (χ2n) is 7.30. The molecule has 2 N–H and O–H groups in total. The van der Waals surface area contributed by atoms with Crippen LogP contribution in [0, 0.1) is 0 Å². The third-order valence-corrected chi connectivity index (χ3v) is 5.28. The zero-order valence-corrected chi connectivity index (χ0v) is 16.3. The minimum atomic E-state index is -4.46. The van der Waals surface area contributed by atoms with Crippen molar-refractivity contribution in [2.75, 3.05) is 12.3 Å². The van der Waals surface area contributed by atoms with Crippen LogP contribution in [0.5, 0.6) is 0 Å². The van der Waals surface area contributed by atoms with Crippen LogP contribution in [0.2, 0.25) is 0 Å². The topological polar surface area (TPSA) is 76.3 Å². The zero-order valence-electron chi connectivity index (χ0n) is 16.3. The molecule has 0 bridgehead atoms. The maximum Gasteiger partial charge on any atom is 0.416 e. The van der Waals surface area contributed by atoms with E-state index in [2.05, 4.69) is 4.98 Å². The Morgan fingerprint density at radius 2 is 1.77 bits per heavy atom.